The molecular weight excluding hydrogens is 210 g/mol. The van der Waals surface area contributed by atoms with Crippen LogP contribution in [-0.4, -0.2) is 18.5 Å². The van der Waals surface area contributed by atoms with Crippen LogP contribution in [0.3, 0.4) is 0 Å². The molecule has 1 aromatic rings. The first-order valence-corrected chi connectivity index (χ1v) is 4.60. The molecule has 0 aliphatic rings. The van der Waals surface area contributed by atoms with Gasteiger partial charge in [-0.1, -0.05) is 0 Å². The van der Waals surface area contributed by atoms with Gasteiger partial charge in [0.25, 0.3) is 0 Å². The van der Waals surface area contributed by atoms with Gasteiger partial charge in [0.05, 0.1) is 12.0 Å². The molecule has 86 valence electrons. The van der Waals surface area contributed by atoms with Gasteiger partial charge in [-0.25, -0.2) is 4.79 Å². The number of amides is 1. The Labute approximate surface area is 92.3 Å². The van der Waals surface area contributed by atoms with E-state index in [1.54, 1.807) is 0 Å². The molecule has 6 N–H and O–H groups in total. The standard InChI is InChI=1S/C10H13N3O3/c11-7-3-6(4-8(12)5-7)10(15)16-2-1-9(13)14/h3-5H,1-2,11-12H2,(H2,13,14). The van der Waals surface area contributed by atoms with Crippen molar-refractivity contribution in [1.29, 1.82) is 0 Å². The lowest BCUT2D eigenvalue weighted by molar-refractivity contribution is -0.118. The van der Waals surface area contributed by atoms with E-state index in [2.05, 4.69) is 0 Å². The normalized spacial score (nSPS) is 9.75. The van der Waals surface area contributed by atoms with E-state index >= 15 is 0 Å². The van der Waals surface area contributed by atoms with Crippen molar-refractivity contribution in [1.82, 2.24) is 0 Å². The Morgan fingerprint density at radius 2 is 1.69 bits per heavy atom. The lowest BCUT2D eigenvalue weighted by Crippen LogP contribution is -2.16. The van der Waals surface area contributed by atoms with E-state index in [1.807, 2.05) is 0 Å². The Morgan fingerprint density at radius 3 is 2.19 bits per heavy atom. The van der Waals surface area contributed by atoms with Crippen LogP contribution >= 0.6 is 0 Å². The number of rotatable bonds is 4. The van der Waals surface area contributed by atoms with Crippen LogP contribution in [0.25, 0.3) is 0 Å². The van der Waals surface area contributed by atoms with Crippen molar-refractivity contribution < 1.29 is 14.3 Å². The molecule has 0 heterocycles. The van der Waals surface area contributed by atoms with E-state index in [9.17, 15) is 9.59 Å². The van der Waals surface area contributed by atoms with Gasteiger partial charge in [-0.05, 0) is 18.2 Å². The number of nitrogens with two attached hydrogens (primary N) is 3. The predicted molar refractivity (Wildman–Crippen MR) is 59.4 cm³/mol. The summed E-state index contributed by atoms with van der Waals surface area (Å²) < 4.78 is 4.80. The lowest BCUT2D eigenvalue weighted by atomic mass is 10.2. The number of carbonyl (C=O) groups excluding carboxylic acids is 2. The zero-order valence-corrected chi connectivity index (χ0v) is 8.60. The van der Waals surface area contributed by atoms with E-state index in [1.165, 1.54) is 18.2 Å². The molecule has 6 nitrogen and oxygen atoms in total. The highest BCUT2D eigenvalue weighted by atomic mass is 16.5. The summed E-state index contributed by atoms with van der Waals surface area (Å²) in [7, 11) is 0. The maximum Gasteiger partial charge on any atom is 0.338 e. The summed E-state index contributed by atoms with van der Waals surface area (Å²) in [6, 6.07) is 4.42. The van der Waals surface area contributed by atoms with E-state index < -0.39 is 11.9 Å². The van der Waals surface area contributed by atoms with Crippen molar-refractivity contribution in [2.75, 3.05) is 18.1 Å². The summed E-state index contributed by atoms with van der Waals surface area (Å²) in [5, 5.41) is 0. The van der Waals surface area contributed by atoms with E-state index in [4.69, 9.17) is 21.9 Å². The average molecular weight is 223 g/mol. The first-order valence-electron chi connectivity index (χ1n) is 4.60. The van der Waals surface area contributed by atoms with E-state index in [0.717, 1.165) is 0 Å². The van der Waals surface area contributed by atoms with Crippen LogP contribution in [0.4, 0.5) is 11.4 Å². The zero-order valence-electron chi connectivity index (χ0n) is 8.60. The number of primary amides is 1. The van der Waals surface area contributed by atoms with Crippen LogP contribution in [0.1, 0.15) is 16.8 Å². The number of benzene rings is 1. The number of anilines is 2. The quantitative estimate of drug-likeness (QED) is 0.485. The molecule has 0 saturated carbocycles. The first kappa shape index (κ1) is 11.8. The Bertz CT molecular complexity index is 398. The fraction of sp³-hybridized carbons (Fsp3) is 0.200. The van der Waals surface area contributed by atoms with Crippen LogP contribution < -0.4 is 17.2 Å². The topological polar surface area (TPSA) is 121 Å². The summed E-state index contributed by atoms with van der Waals surface area (Å²) >= 11 is 0. The summed E-state index contributed by atoms with van der Waals surface area (Å²) in [6.45, 7) is -0.0527. The number of hydrogen-bond acceptors (Lipinski definition) is 5. The number of ether oxygens (including phenoxy) is 1. The monoisotopic (exact) mass is 223 g/mol. The van der Waals surface area contributed by atoms with Gasteiger partial charge in [0, 0.05) is 11.4 Å². The van der Waals surface area contributed by atoms with Gasteiger partial charge in [0.2, 0.25) is 5.91 Å². The highest BCUT2D eigenvalue weighted by Crippen LogP contribution is 2.14. The summed E-state index contributed by atoms with van der Waals surface area (Å²) in [5.41, 5.74) is 16.9. The Balaban J connectivity index is 2.62. The number of esters is 1. The first-order chi connectivity index (χ1) is 7.49. The molecule has 0 fully saturated rings. The maximum atomic E-state index is 11.4. The molecule has 0 bridgehead atoms. The molecule has 1 rings (SSSR count). The molecule has 0 aliphatic carbocycles. The molecule has 0 atom stereocenters. The van der Waals surface area contributed by atoms with E-state index in [-0.39, 0.29) is 18.6 Å². The second-order valence-corrected chi connectivity index (χ2v) is 3.24. The minimum absolute atomic E-state index is 0.0104. The molecule has 0 radical (unpaired) electrons. The maximum absolute atomic E-state index is 11.4. The van der Waals surface area contributed by atoms with Gasteiger partial charge in [-0.2, -0.15) is 0 Å². The third-order valence-corrected chi connectivity index (χ3v) is 1.79. The van der Waals surface area contributed by atoms with Crippen LogP contribution in [-0.2, 0) is 9.53 Å². The minimum Gasteiger partial charge on any atom is -0.462 e. The molecular formula is C10H13N3O3. The van der Waals surface area contributed by atoms with Crippen molar-refractivity contribution >= 4 is 23.3 Å². The molecule has 0 spiro atoms. The largest absolute Gasteiger partial charge is 0.462 e. The number of hydrogen-bond donors (Lipinski definition) is 3. The Kier molecular flexibility index (Phi) is 3.71. The predicted octanol–water partition coefficient (Wildman–Crippen LogP) is -0.117. The van der Waals surface area contributed by atoms with Gasteiger partial charge in [-0.3, -0.25) is 4.79 Å². The Hall–Kier alpha value is -2.24. The van der Waals surface area contributed by atoms with Gasteiger partial charge < -0.3 is 21.9 Å². The molecule has 0 aliphatic heterocycles. The fourth-order valence-corrected chi connectivity index (χ4v) is 1.12. The van der Waals surface area contributed by atoms with Gasteiger partial charge in [0.15, 0.2) is 0 Å². The summed E-state index contributed by atoms with van der Waals surface area (Å²) in [4.78, 5) is 21.9. The van der Waals surface area contributed by atoms with Crippen LogP contribution in [0, 0.1) is 0 Å². The van der Waals surface area contributed by atoms with Gasteiger partial charge >= 0.3 is 5.97 Å². The molecule has 16 heavy (non-hydrogen) atoms. The summed E-state index contributed by atoms with van der Waals surface area (Å²) in [6.07, 6.45) is -0.0104. The second-order valence-electron chi connectivity index (χ2n) is 3.24. The van der Waals surface area contributed by atoms with Crippen molar-refractivity contribution in [2.45, 2.75) is 6.42 Å². The molecule has 1 amide bonds. The highest BCUT2D eigenvalue weighted by molar-refractivity contribution is 5.91. The van der Waals surface area contributed by atoms with Crippen LogP contribution in [0.15, 0.2) is 18.2 Å². The van der Waals surface area contributed by atoms with Crippen LogP contribution in [0.5, 0.6) is 0 Å². The third kappa shape index (κ3) is 3.49. The second kappa shape index (κ2) is 5.01. The highest BCUT2D eigenvalue weighted by Gasteiger charge is 2.09. The molecule has 6 heteroatoms. The third-order valence-electron chi connectivity index (χ3n) is 1.79. The SMILES string of the molecule is NC(=O)CCOC(=O)c1cc(N)cc(N)c1. The zero-order chi connectivity index (χ0) is 12.1. The fourth-order valence-electron chi connectivity index (χ4n) is 1.12. The van der Waals surface area contributed by atoms with E-state index in [0.29, 0.717) is 11.4 Å². The van der Waals surface area contributed by atoms with Crippen molar-refractivity contribution in [3.8, 4) is 0 Å². The molecule has 0 saturated heterocycles. The summed E-state index contributed by atoms with van der Waals surface area (Å²) in [5.74, 6) is -1.11. The van der Waals surface area contributed by atoms with Crippen molar-refractivity contribution in [3.63, 3.8) is 0 Å². The number of carbonyl (C=O) groups is 2. The van der Waals surface area contributed by atoms with Gasteiger partial charge in [0.1, 0.15) is 6.61 Å². The average Bonchev–Trinajstić information content (AvgIpc) is 2.15. The van der Waals surface area contributed by atoms with Crippen molar-refractivity contribution in [2.24, 2.45) is 5.73 Å². The Morgan fingerprint density at radius 1 is 1.12 bits per heavy atom. The number of nitrogen functional groups attached to an aromatic ring is 2. The molecule has 0 aromatic heterocycles. The van der Waals surface area contributed by atoms with Crippen LogP contribution in [0.2, 0.25) is 0 Å². The smallest absolute Gasteiger partial charge is 0.338 e. The van der Waals surface area contributed by atoms with Crippen molar-refractivity contribution in [3.05, 3.63) is 23.8 Å². The molecule has 0 unspecified atom stereocenters. The minimum atomic E-state index is -0.583. The lowest BCUT2D eigenvalue weighted by Gasteiger charge is -2.05. The molecule has 1 aromatic carbocycles. The van der Waals surface area contributed by atoms with Gasteiger partial charge in [-0.15, -0.1) is 0 Å².